The van der Waals surface area contributed by atoms with Crippen LogP contribution < -0.4 is 0 Å². The molecule has 0 unspecified atom stereocenters. The number of carboxylic acids is 1. The number of thiazole rings is 1. The highest BCUT2D eigenvalue weighted by Crippen LogP contribution is 2.31. The molecule has 6 heteroatoms. The summed E-state index contributed by atoms with van der Waals surface area (Å²) >= 11 is 6.71. The molecule has 0 atom stereocenters. The van der Waals surface area contributed by atoms with Crippen molar-refractivity contribution in [3.8, 4) is 5.88 Å². The summed E-state index contributed by atoms with van der Waals surface area (Å²) in [6.45, 7) is 0.455. The molecule has 1 fully saturated rings. The normalized spacial score (nSPS) is 16.1. The fourth-order valence-corrected chi connectivity index (χ4v) is 4.13. The molecule has 0 aromatic carbocycles. The van der Waals surface area contributed by atoms with E-state index < -0.39 is 5.97 Å². The van der Waals surface area contributed by atoms with Crippen LogP contribution in [0, 0.1) is 3.95 Å². The third-order valence-electron chi connectivity index (χ3n) is 4.00. The molecule has 2 rings (SSSR count). The van der Waals surface area contributed by atoms with E-state index in [0.717, 1.165) is 17.7 Å². The number of aromatic nitrogens is 1. The van der Waals surface area contributed by atoms with Crippen LogP contribution >= 0.6 is 23.6 Å². The predicted octanol–water partition coefficient (Wildman–Crippen LogP) is 4.98. The summed E-state index contributed by atoms with van der Waals surface area (Å²) in [4.78, 5) is 11.4. The van der Waals surface area contributed by atoms with E-state index in [2.05, 4.69) is 6.08 Å². The summed E-state index contributed by atoms with van der Waals surface area (Å²) in [5.74, 6) is -0.631. The molecular weight excluding hydrogens is 318 g/mol. The number of aromatic hydroxyl groups is 1. The SMILES string of the molecule is O=C(O)CCCn1c(O)c(C=C2CCCCCCC2)sc1=S. The monoisotopic (exact) mass is 341 g/mol. The number of carboxylic acid groups (broad SMARTS) is 1. The Morgan fingerprint density at radius 3 is 2.50 bits per heavy atom. The van der Waals surface area contributed by atoms with Crippen LogP contribution in [0.3, 0.4) is 0 Å². The minimum absolute atomic E-state index is 0.0908. The van der Waals surface area contributed by atoms with Gasteiger partial charge in [0.2, 0.25) is 5.88 Å². The Bertz CT molecular complexity index is 591. The fourth-order valence-electron chi connectivity index (χ4n) is 2.78. The first-order chi connectivity index (χ1) is 10.6. The molecule has 1 aliphatic carbocycles. The molecule has 0 aliphatic heterocycles. The number of carbonyl (C=O) groups is 1. The molecule has 22 heavy (non-hydrogen) atoms. The van der Waals surface area contributed by atoms with Crippen molar-refractivity contribution in [1.82, 2.24) is 4.57 Å². The third kappa shape index (κ3) is 4.95. The first-order valence-corrected chi connectivity index (χ1v) is 9.14. The Morgan fingerprint density at radius 1 is 1.23 bits per heavy atom. The first kappa shape index (κ1) is 17.2. The fraction of sp³-hybridized carbons (Fsp3) is 0.625. The molecule has 0 radical (unpaired) electrons. The average Bonchev–Trinajstić information content (AvgIpc) is 2.68. The summed E-state index contributed by atoms with van der Waals surface area (Å²) in [6.07, 6.45) is 11.2. The van der Waals surface area contributed by atoms with Gasteiger partial charge in [-0.15, -0.1) is 11.3 Å². The first-order valence-electron chi connectivity index (χ1n) is 7.92. The van der Waals surface area contributed by atoms with Gasteiger partial charge in [-0.1, -0.05) is 24.8 Å². The van der Waals surface area contributed by atoms with Gasteiger partial charge in [0.25, 0.3) is 0 Å². The lowest BCUT2D eigenvalue weighted by Crippen LogP contribution is -2.01. The molecule has 4 nitrogen and oxygen atoms in total. The lowest BCUT2D eigenvalue weighted by molar-refractivity contribution is -0.137. The molecule has 0 amide bonds. The Morgan fingerprint density at radius 2 is 1.86 bits per heavy atom. The van der Waals surface area contributed by atoms with E-state index in [1.807, 2.05) is 0 Å². The smallest absolute Gasteiger partial charge is 0.303 e. The van der Waals surface area contributed by atoms with E-state index in [-0.39, 0.29) is 12.3 Å². The Kier molecular flexibility index (Phi) is 6.64. The Balaban J connectivity index is 2.10. The second-order valence-electron chi connectivity index (χ2n) is 5.78. The van der Waals surface area contributed by atoms with Crippen LogP contribution in [0.1, 0.15) is 62.7 Å². The zero-order valence-corrected chi connectivity index (χ0v) is 14.3. The topological polar surface area (TPSA) is 62.5 Å². The van der Waals surface area contributed by atoms with Crippen LogP contribution in [0.15, 0.2) is 5.57 Å². The lowest BCUT2D eigenvalue weighted by atomic mass is 9.96. The highest BCUT2D eigenvalue weighted by atomic mass is 32.1. The summed E-state index contributed by atoms with van der Waals surface area (Å²) in [5, 5.41) is 19.0. The highest BCUT2D eigenvalue weighted by Gasteiger charge is 2.12. The lowest BCUT2D eigenvalue weighted by Gasteiger charge is -2.11. The van der Waals surface area contributed by atoms with Gasteiger partial charge in [0.15, 0.2) is 3.95 Å². The molecule has 1 aliphatic rings. The molecule has 1 aromatic heterocycles. The van der Waals surface area contributed by atoms with Crippen LogP contribution in [-0.2, 0) is 11.3 Å². The molecule has 1 heterocycles. The minimum Gasteiger partial charge on any atom is -0.493 e. The van der Waals surface area contributed by atoms with Crippen molar-refractivity contribution in [2.75, 3.05) is 0 Å². The number of allylic oxidation sites excluding steroid dienone is 1. The third-order valence-corrected chi connectivity index (χ3v) is 5.38. The van der Waals surface area contributed by atoms with E-state index in [0.29, 0.717) is 16.9 Å². The zero-order chi connectivity index (χ0) is 15.9. The van der Waals surface area contributed by atoms with Crippen molar-refractivity contribution >= 4 is 35.6 Å². The molecule has 0 bridgehead atoms. The van der Waals surface area contributed by atoms with Gasteiger partial charge in [-0.2, -0.15) is 0 Å². The molecule has 1 aromatic rings. The summed E-state index contributed by atoms with van der Waals surface area (Å²) in [7, 11) is 0. The van der Waals surface area contributed by atoms with Crippen LogP contribution in [0.5, 0.6) is 5.88 Å². The quantitative estimate of drug-likeness (QED) is 0.742. The Labute approximate surface area is 140 Å². The van der Waals surface area contributed by atoms with Gasteiger partial charge in [-0.05, 0) is 50.4 Å². The van der Waals surface area contributed by atoms with Gasteiger partial charge in [-0.25, -0.2) is 0 Å². The van der Waals surface area contributed by atoms with Gasteiger partial charge < -0.3 is 10.2 Å². The van der Waals surface area contributed by atoms with E-state index in [1.54, 1.807) is 4.57 Å². The molecule has 2 N–H and O–H groups in total. The van der Waals surface area contributed by atoms with Crippen molar-refractivity contribution in [1.29, 1.82) is 0 Å². The maximum Gasteiger partial charge on any atom is 0.303 e. The number of hydrogen-bond donors (Lipinski definition) is 2. The minimum atomic E-state index is -0.821. The number of aliphatic carboxylic acids is 1. The molecule has 0 saturated heterocycles. The zero-order valence-electron chi connectivity index (χ0n) is 12.7. The van der Waals surface area contributed by atoms with Crippen molar-refractivity contribution in [3.63, 3.8) is 0 Å². The van der Waals surface area contributed by atoms with Crippen molar-refractivity contribution in [2.24, 2.45) is 0 Å². The van der Waals surface area contributed by atoms with Crippen molar-refractivity contribution in [2.45, 2.75) is 64.3 Å². The molecule has 1 saturated carbocycles. The average molecular weight is 341 g/mol. The standard InChI is InChI=1S/C16H23NO3S2/c18-14(19)9-6-10-17-15(20)13(22-16(17)21)11-12-7-4-2-1-3-5-8-12/h11,20H,1-10H2,(H,18,19). The van der Waals surface area contributed by atoms with E-state index in [1.165, 1.54) is 49.0 Å². The summed E-state index contributed by atoms with van der Waals surface area (Å²) in [5.41, 5.74) is 1.39. The second-order valence-corrected chi connectivity index (χ2v) is 7.45. The van der Waals surface area contributed by atoms with E-state index in [9.17, 15) is 9.90 Å². The van der Waals surface area contributed by atoms with Crippen LogP contribution in [0.4, 0.5) is 0 Å². The molecular formula is C16H23NO3S2. The van der Waals surface area contributed by atoms with Gasteiger partial charge >= 0.3 is 5.97 Å². The summed E-state index contributed by atoms with van der Waals surface area (Å²) < 4.78 is 2.26. The maximum absolute atomic E-state index is 10.6. The Hall–Kier alpha value is -1.14. The van der Waals surface area contributed by atoms with Gasteiger partial charge in [0.05, 0.1) is 4.88 Å². The van der Waals surface area contributed by atoms with Gasteiger partial charge in [0.1, 0.15) is 0 Å². The largest absolute Gasteiger partial charge is 0.493 e. The van der Waals surface area contributed by atoms with Crippen molar-refractivity contribution in [3.05, 3.63) is 14.4 Å². The van der Waals surface area contributed by atoms with Crippen LogP contribution in [0.2, 0.25) is 0 Å². The number of nitrogens with zero attached hydrogens (tertiary/aromatic N) is 1. The summed E-state index contributed by atoms with van der Waals surface area (Å²) in [6, 6.07) is 0. The van der Waals surface area contributed by atoms with E-state index >= 15 is 0 Å². The predicted molar refractivity (Wildman–Crippen MR) is 92.0 cm³/mol. The number of rotatable bonds is 5. The number of hydrogen-bond acceptors (Lipinski definition) is 4. The molecule has 0 spiro atoms. The maximum atomic E-state index is 10.6. The van der Waals surface area contributed by atoms with Crippen LogP contribution in [-0.4, -0.2) is 20.7 Å². The van der Waals surface area contributed by atoms with Gasteiger partial charge in [0, 0.05) is 13.0 Å². The van der Waals surface area contributed by atoms with Crippen molar-refractivity contribution < 1.29 is 15.0 Å². The van der Waals surface area contributed by atoms with Gasteiger partial charge in [-0.3, -0.25) is 9.36 Å². The molecule has 122 valence electrons. The second kappa shape index (κ2) is 8.48. The van der Waals surface area contributed by atoms with Crippen LogP contribution in [0.25, 0.3) is 6.08 Å². The highest BCUT2D eigenvalue weighted by molar-refractivity contribution is 7.73. The van der Waals surface area contributed by atoms with E-state index in [4.69, 9.17) is 17.3 Å².